The molecule has 0 atom stereocenters. The second-order valence-corrected chi connectivity index (χ2v) is 7.33. The van der Waals surface area contributed by atoms with Gasteiger partial charge in [-0.2, -0.15) is 0 Å². The summed E-state index contributed by atoms with van der Waals surface area (Å²) in [7, 11) is 0. The van der Waals surface area contributed by atoms with Crippen molar-refractivity contribution >= 4 is 0 Å². The summed E-state index contributed by atoms with van der Waals surface area (Å²) in [5.74, 6) is 0. The van der Waals surface area contributed by atoms with E-state index in [2.05, 4.69) is 33.4 Å². The first-order chi connectivity index (χ1) is 9.84. The first kappa shape index (κ1) is 18.4. The molecule has 21 heavy (non-hydrogen) atoms. The number of hydrogen-bond donors (Lipinski definition) is 2. The molecule has 2 N–H and O–H groups in total. The molecule has 1 aliphatic rings. The number of rotatable bonds is 7. The second-order valence-electron chi connectivity index (χ2n) is 7.33. The minimum atomic E-state index is -0.0515. The molecule has 0 aromatic heterocycles. The molecule has 1 fully saturated rings. The van der Waals surface area contributed by atoms with Gasteiger partial charge in [-0.05, 0) is 34.8 Å². The van der Waals surface area contributed by atoms with Crippen molar-refractivity contribution in [3.05, 3.63) is 23.8 Å². The zero-order valence-corrected chi connectivity index (χ0v) is 14.0. The molecule has 0 saturated heterocycles. The van der Waals surface area contributed by atoms with Crippen LogP contribution in [-0.4, -0.2) is 36.6 Å². The van der Waals surface area contributed by atoms with Crippen LogP contribution in [0.3, 0.4) is 0 Å². The van der Waals surface area contributed by atoms with Gasteiger partial charge in [-0.25, -0.2) is 0 Å². The fraction of sp³-hybridized carbons (Fsp3) is 0.778. The SMILES string of the molecule is C=C(CO)COCC(=CC1(C(C)(C)C)CCCCC1)CO. The standard InChI is InChI=1S/C18H32O3/c1-15(11-19)13-21-14-16(12-20)10-18(17(2,3)4)8-6-5-7-9-18/h10,19-20H,1,5-9,11-14H2,2-4H3. The maximum Gasteiger partial charge on any atom is 0.0703 e. The van der Waals surface area contributed by atoms with Crippen LogP contribution >= 0.6 is 0 Å². The minimum absolute atomic E-state index is 0.0312. The Morgan fingerprint density at radius 3 is 2.19 bits per heavy atom. The number of aliphatic hydroxyl groups is 2. The van der Waals surface area contributed by atoms with E-state index in [9.17, 15) is 5.11 Å². The highest BCUT2D eigenvalue weighted by molar-refractivity contribution is 5.15. The lowest BCUT2D eigenvalue weighted by molar-refractivity contribution is 0.0878. The van der Waals surface area contributed by atoms with Gasteiger partial charge in [-0.3, -0.25) is 0 Å². The molecule has 0 heterocycles. The van der Waals surface area contributed by atoms with E-state index in [1.54, 1.807) is 0 Å². The molecule has 0 bridgehead atoms. The lowest BCUT2D eigenvalue weighted by Gasteiger charge is -2.46. The molecule has 0 spiro atoms. The Morgan fingerprint density at radius 2 is 1.71 bits per heavy atom. The first-order valence-electron chi connectivity index (χ1n) is 8.01. The maximum absolute atomic E-state index is 9.64. The highest BCUT2D eigenvalue weighted by Gasteiger charge is 2.40. The van der Waals surface area contributed by atoms with Crippen molar-refractivity contribution in [1.29, 1.82) is 0 Å². The number of hydrogen-bond acceptors (Lipinski definition) is 3. The molecular formula is C18H32O3. The molecule has 0 aromatic carbocycles. The Morgan fingerprint density at radius 1 is 1.10 bits per heavy atom. The predicted molar refractivity (Wildman–Crippen MR) is 87.2 cm³/mol. The molecule has 0 aromatic rings. The van der Waals surface area contributed by atoms with Crippen LogP contribution in [0.2, 0.25) is 0 Å². The summed E-state index contributed by atoms with van der Waals surface area (Å²) in [4.78, 5) is 0. The zero-order valence-electron chi connectivity index (χ0n) is 14.0. The smallest absolute Gasteiger partial charge is 0.0703 e. The van der Waals surface area contributed by atoms with E-state index in [1.807, 2.05) is 0 Å². The fourth-order valence-corrected chi connectivity index (χ4v) is 3.19. The van der Waals surface area contributed by atoms with Gasteiger partial charge in [0.1, 0.15) is 0 Å². The first-order valence-corrected chi connectivity index (χ1v) is 8.01. The molecule has 1 saturated carbocycles. The van der Waals surface area contributed by atoms with E-state index in [4.69, 9.17) is 9.84 Å². The summed E-state index contributed by atoms with van der Waals surface area (Å²) in [6.07, 6.45) is 8.47. The number of allylic oxidation sites excluding steroid dienone is 1. The van der Waals surface area contributed by atoms with Crippen molar-refractivity contribution in [2.24, 2.45) is 10.8 Å². The van der Waals surface area contributed by atoms with Crippen molar-refractivity contribution in [3.8, 4) is 0 Å². The van der Waals surface area contributed by atoms with Gasteiger partial charge >= 0.3 is 0 Å². The van der Waals surface area contributed by atoms with E-state index in [0.29, 0.717) is 18.8 Å². The van der Waals surface area contributed by atoms with Crippen LogP contribution < -0.4 is 0 Å². The van der Waals surface area contributed by atoms with E-state index < -0.39 is 0 Å². The second kappa shape index (κ2) is 8.11. The Balaban J connectivity index is 2.78. The average molecular weight is 296 g/mol. The zero-order chi connectivity index (χ0) is 15.9. The summed E-state index contributed by atoms with van der Waals surface area (Å²) in [6.45, 7) is 11.3. The number of ether oxygens (including phenoxy) is 1. The van der Waals surface area contributed by atoms with Crippen LogP contribution in [0.5, 0.6) is 0 Å². The van der Waals surface area contributed by atoms with E-state index >= 15 is 0 Å². The molecule has 0 amide bonds. The van der Waals surface area contributed by atoms with Gasteiger partial charge in [0.05, 0.1) is 26.4 Å². The van der Waals surface area contributed by atoms with Crippen LogP contribution in [0.25, 0.3) is 0 Å². The van der Waals surface area contributed by atoms with E-state index in [-0.39, 0.29) is 24.0 Å². The van der Waals surface area contributed by atoms with Crippen molar-refractivity contribution in [1.82, 2.24) is 0 Å². The van der Waals surface area contributed by atoms with Crippen molar-refractivity contribution in [2.75, 3.05) is 26.4 Å². The highest BCUT2D eigenvalue weighted by Crippen LogP contribution is 2.51. The quantitative estimate of drug-likeness (QED) is 0.707. The van der Waals surface area contributed by atoms with Crippen LogP contribution in [-0.2, 0) is 4.74 Å². The fourth-order valence-electron chi connectivity index (χ4n) is 3.19. The Kier molecular flexibility index (Phi) is 7.11. The average Bonchev–Trinajstić information content (AvgIpc) is 2.45. The van der Waals surface area contributed by atoms with Crippen LogP contribution in [0.1, 0.15) is 52.9 Å². The molecule has 122 valence electrons. The van der Waals surface area contributed by atoms with Crippen molar-refractivity contribution < 1.29 is 14.9 Å². The Hall–Kier alpha value is -0.640. The van der Waals surface area contributed by atoms with Gasteiger partial charge in [-0.1, -0.05) is 52.7 Å². The summed E-state index contributed by atoms with van der Waals surface area (Å²) in [5, 5.41) is 18.6. The van der Waals surface area contributed by atoms with Gasteiger partial charge in [0.15, 0.2) is 0 Å². The number of aliphatic hydroxyl groups excluding tert-OH is 2. The molecule has 1 rings (SSSR count). The monoisotopic (exact) mass is 296 g/mol. The molecule has 3 heteroatoms. The van der Waals surface area contributed by atoms with Crippen LogP contribution in [0.15, 0.2) is 23.8 Å². The largest absolute Gasteiger partial charge is 0.392 e. The van der Waals surface area contributed by atoms with Gasteiger partial charge in [-0.15, -0.1) is 0 Å². The Labute approximate surface area is 129 Å². The molecule has 0 aliphatic heterocycles. The molecule has 0 radical (unpaired) electrons. The minimum Gasteiger partial charge on any atom is -0.392 e. The summed E-state index contributed by atoms with van der Waals surface area (Å²) >= 11 is 0. The van der Waals surface area contributed by atoms with Crippen LogP contribution in [0, 0.1) is 10.8 Å². The third-order valence-electron chi connectivity index (χ3n) is 4.74. The third kappa shape index (κ3) is 5.24. The summed E-state index contributed by atoms with van der Waals surface area (Å²) in [5.41, 5.74) is 1.94. The molecule has 0 unspecified atom stereocenters. The Bertz CT molecular complexity index is 357. The molecular weight excluding hydrogens is 264 g/mol. The van der Waals surface area contributed by atoms with Gasteiger partial charge in [0.25, 0.3) is 0 Å². The normalized spacial score (nSPS) is 19.6. The molecule has 1 aliphatic carbocycles. The third-order valence-corrected chi connectivity index (χ3v) is 4.74. The lowest BCUT2D eigenvalue weighted by atomic mass is 9.59. The highest BCUT2D eigenvalue weighted by atomic mass is 16.5. The van der Waals surface area contributed by atoms with Crippen molar-refractivity contribution in [3.63, 3.8) is 0 Å². The van der Waals surface area contributed by atoms with Crippen molar-refractivity contribution in [2.45, 2.75) is 52.9 Å². The predicted octanol–water partition coefficient (Wildman–Crippen LogP) is 3.47. The van der Waals surface area contributed by atoms with E-state index in [1.165, 1.54) is 32.1 Å². The summed E-state index contributed by atoms with van der Waals surface area (Å²) in [6, 6.07) is 0. The molecule has 3 nitrogen and oxygen atoms in total. The lowest BCUT2D eigenvalue weighted by Crippen LogP contribution is -2.36. The van der Waals surface area contributed by atoms with E-state index in [0.717, 1.165) is 5.57 Å². The van der Waals surface area contributed by atoms with Gasteiger partial charge < -0.3 is 14.9 Å². The van der Waals surface area contributed by atoms with Gasteiger partial charge in [0.2, 0.25) is 0 Å². The van der Waals surface area contributed by atoms with Gasteiger partial charge in [0, 0.05) is 0 Å². The van der Waals surface area contributed by atoms with Crippen LogP contribution in [0.4, 0.5) is 0 Å². The maximum atomic E-state index is 9.64. The topological polar surface area (TPSA) is 49.7 Å². The summed E-state index contributed by atoms with van der Waals surface area (Å²) < 4.78 is 5.55.